The first-order valence-corrected chi connectivity index (χ1v) is 6.53. The number of anilines is 1. The molecule has 0 aliphatic carbocycles. The fourth-order valence-corrected chi connectivity index (χ4v) is 2.05. The van der Waals surface area contributed by atoms with Crippen molar-refractivity contribution in [1.82, 2.24) is 0 Å². The predicted molar refractivity (Wildman–Crippen MR) is 69.4 cm³/mol. The Hall–Kier alpha value is -1.71. The van der Waals surface area contributed by atoms with Crippen LogP contribution in [0.25, 0.3) is 0 Å². The smallest absolute Gasteiger partial charge is 0.150 e. The van der Waals surface area contributed by atoms with Gasteiger partial charge in [0.05, 0.1) is 31.0 Å². The number of rotatable bonds is 6. The predicted octanol–water partition coefficient (Wildman–Crippen LogP) is 2.44. The Kier molecular flexibility index (Phi) is 5.27. The van der Waals surface area contributed by atoms with Crippen molar-refractivity contribution in [1.29, 1.82) is 5.26 Å². The van der Waals surface area contributed by atoms with Gasteiger partial charge in [0, 0.05) is 13.2 Å². The first-order valence-electron chi connectivity index (χ1n) is 6.53. The summed E-state index contributed by atoms with van der Waals surface area (Å²) in [6.45, 7) is 1.89. The Morgan fingerprint density at radius 3 is 2.75 bits per heavy atom. The van der Waals surface area contributed by atoms with E-state index in [9.17, 15) is 8.78 Å². The van der Waals surface area contributed by atoms with Crippen molar-refractivity contribution >= 4 is 5.69 Å². The molecule has 0 bridgehead atoms. The summed E-state index contributed by atoms with van der Waals surface area (Å²) < 4.78 is 37.8. The van der Waals surface area contributed by atoms with Crippen LogP contribution in [0.1, 0.15) is 18.4 Å². The van der Waals surface area contributed by atoms with Gasteiger partial charge in [0.1, 0.15) is 5.69 Å². The molecule has 1 atom stereocenters. The maximum absolute atomic E-state index is 13.5. The molecule has 0 spiro atoms. The zero-order chi connectivity index (χ0) is 14.4. The molecule has 0 saturated carbocycles. The molecule has 1 aromatic rings. The third-order valence-corrected chi connectivity index (χ3v) is 3.05. The summed E-state index contributed by atoms with van der Waals surface area (Å²) >= 11 is 0. The first-order chi connectivity index (χ1) is 9.70. The van der Waals surface area contributed by atoms with Crippen LogP contribution < -0.4 is 5.32 Å². The molecule has 1 heterocycles. The molecule has 1 aliphatic rings. The second kappa shape index (κ2) is 7.17. The van der Waals surface area contributed by atoms with Crippen molar-refractivity contribution < 1.29 is 18.3 Å². The van der Waals surface area contributed by atoms with Gasteiger partial charge in [0.25, 0.3) is 0 Å². The Balaban J connectivity index is 1.75. The topological polar surface area (TPSA) is 54.3 Å². The highest BCUT2D eigenvalue weighted by Crippen LogP contribution is 2.20. The summed E-state index contributed by atoms with van der Waals surface area (Å²) in [7, 11) is 0. The molecule has 2 rings (SSSR count). The van der Waals surface area contributed by atoms with Crippen LogP contribution in [-0.2, 0) is 9.47 Å². The lowest BCUT2D eigenvalue weighted by Gasteiger charge is -2.12. The van der Waals surface area contributed by atoms with Crippen LogP contribution in [0.15, 0.2) is 12.1 Å². The molecule has 20 heavy (non-hydrogen) atoms. The second-order valence-electron chi connectivity index (χ2n) is 4.56. The van der Waals surface area contributed by atoms with Crippen molar-refractivity contribution in [2.75, 3.05) is 31.7 Å². The number of ether oxygens (including phenoxy) is 2. The lowest BCUT2D eigenvalue weighted by molar-refractivity contribution is 0.0206. The Bertz CT molecular complexity index is 473. The first kappa shape index (κ1) is 14.7. The van der Waals surface area contributed by atoms with Crippen LogP contribution in [0, 0.1) is 23.0 Å². The Morgan fingerprint density at radius 2 is 2.15 bits per heavy atom. The van der Waals surface area contributed by atoms with Crippen LogP contribution in [0.2, 0.25) is 0 Å². The lowest BCUT2D eigenvalue weighted by Crippen LogP contribution is -2.18. The Morgan fingerprint density at radius 1 is 1.40 bits per heavy atom. The van der Waals surface area contributed by atoms with Gasteiger partial charge in [-0.1, -0.05) is 0 Å². The molecule has 1 saturated heterocycles. The van der Waals surface area contributed by atoms with Crippen LogP contribution >= 0.6 is 0 Å². The van der Waals surface area contributed by atoms with Gasteiger partial charge in [0.15, 0.2) is 11.6 Å². The minimum absolute atomic E-state index is 0.0415. The maximum atomic E-state index is 13.5. The van der Waals surface area contributed by atoms with E-state index in [1.165, 1.54) is 0 Å². The molecule has 0 amide bonds. The molecular weight excluding hydrogens is 266 g/mol. The van der Waals surface area contributed by atoms with Crippen molar-refractivity contribution in [3.05, 3.63) is 29.3 Å². The highest BCUT2D eigenvalue weighted by Gasteiger charge is 2.15. The summed E-state index contributed by atoms with van der Waals surface area (Å²) in [6, 6.07) is 3.69. The van der Waals surface area contributed by atoms with Gasteiger partial charge in [-0.25, -0.2) is 8.78 Å². The molecule has 0 radical (unpaired) electrons. The molecule has 1 aliphatic heterocycles. The second-order valence-corrected chi connectivity index (χ2v) is 4.56. The van der Waals surface area contributed by atoms with Gasteiger partial charge in [-0.15, -0.1) is 0 Å². The number of nitrogens with zero attached hydrogens (tertiary/aromatic N) is 1. The molecule has 1 fully saturated rings. The van der Waals surface area contributed by atoms with E-state index >= 15 is 0 Å². The van der Waals surface area contributed by atoms with Gasteiger partial charge in [-0.2, -0.15) is 5.26 Å². The molecule has 1 unspecified atom stereocenters. The van der Waals surface area contributed by atoms with Crippen LogP contribution in [0.5, 0.6) is 0 Å². The summed E-state index contributed by atoms with van der Waals surface area (Å²) in [5, 5.41) is 11.2. The minimum Gasteiger partial charge on any atom is -0.378 e. The van der Waals surface area contributed by atoms with E-state index < -0.39 is 11.6 Å². The normalized spacial score (nSPS) is 17.9. The molecule has 1 aromatic carbocycles. The minimum atomic E-state index is -0.777. The van der Waals surface area contributed by atoms with Crippen LogP contribution in [-0.4, -0.2) is 32.5 Å². The van der Waals surface area contributed by atoms with E-state index in [0.717, 1.165) is 31.6 Å². The van der Waals surface area contributed by atoms with Gasteiger partial charge < -0.3 is 14.8 Å². The van der Waals surface area contributed by atoms with E-state index in [0.29, 0.717) is 13.2 Å². The zero-order valence-electron chi connectivity index (χ0n) is 11.0. The van der Waals surface area contributed by atoms with Gasteiger partial charge in [-0.05, 0) is 25.0 Å². The number of hydrogen-bond donors (Lipinski definition) is 1. The average Bonchev–Trinajstić information content (AvgIpc) is 2.94. The summed E-state index contributed by atoms with van der Waals surface area (Å²) in [4.78, 5) is 0. The third kappa shape index (κ3) is 3.89. The monoisotopic (exact) mass is 282 g/mol. The lowest BCUT2D eigenvalue weighted by atomic mass is 10.2. The highest BCUT2D eigenvalue weighted by molar-refractivity contribution is 5.50. The van der Waals surface area contributed by atoms with E-state index in [1.54, 1.807) is 6.07 Å². The van der Waals surface area contributed by atoms with E-state index in [4.69, 9.17) is 14.7 Å². The fraction of sp³-hybridized carbons (Fsp3) is 0.500. The molecular formula is C14H16F2N2O2. The standard InChI is InChI=1S/C14H16F2N2O2/c15-12-6-10(8-17)7-13(16)14(12)18-3-5-19-9-11-2-1-4-20-11/h6-7,11,18H,1-5,9H2. The highest BCUT2D eigenvalue weighted by atomic mass is 19.1. The van der Waals surface area contributed by atoms with Crippen molar-refractivity contribution in [2.24, 2.45) is 0 Å². The molecule has 0 aromatic heterocycles. The van der Waals surface area contributed by atoms with Crippen molar-refractivity contribution in [2.45, 2.75) is 18.9 Å². The third-order valence-electron chi connectivity index (χ3n) is 3.05. The number of nitrogens with one attached hydrogen (secondary N) is 1. The van der Waals surface area contributed by atoms with E-state index in [-0.39, 0.29) is 23.9 Å². The summed E-state index contributed by atoms with van der Waals surface area (Å²) in [6.07, 6.45) is 2.18. The van der Waals surface area contributed by atoms with Crippen molar-refractivity contribution in [3.63, 3.8) is 0 Å². The number of nitriles is 1. The van der Waals surface area contributed by atoms with Crippen molar-refractivity contribution in [3.8, 4) is 6.07 Å². The SMILES string of the molecule is N#Cc1cc(F)c(NCCOCC2CCCO2)c(F)c1. The van der Waals surface area contributed by atoms with Gasteiger partial charge in [-0.3, -0.25) is 0 Å². The summed E-state index contributed by atoms with van der Waals surface area (Å²) in [5.41, 5.74) is -0.273. The number of hydrogen-bond acceptors (Lipinski definition) is 4. The maximum Gasteiger partial charge on any atom is 0.150 e. The summed E-state index contributed by atoms with van der Waals surface area (Å²) in [5.74, 6) is -1.55. The zero-order valence-corrected chi connectivity index (χ0v) is 11.0. The van der Waals surface area contributed by atoms with Gasteiger partial charge >= 0.3 is 0 Å². The molecule has 108 valence electrons. The van der Waals surface area contributed by atoms with E-state index in [2.05, 4.69) is 5.32 Å². The van der Waals surface area contributed by atoms with Crippen LogP contribution in [0.4, 0.5) is 14.5 Å². The number of halogens is 2. The molecule has 6 heteroatoms. The average molecular weight is 282 g/mol. The fourth-order valence-electron chi connectivity index (χ4n) is 2.05. The Labute approximate surface area is 116 Å². The molecule has 4 nitrogen and oxygen atoms in total. The molecule has 1 N–H and O–H groups in total. The van der Waals surface area contributed by atoms with Gasteiger partial charge in [0.2, 0.25) is 0 Å². The van der Waals surface area contributed by atoms with E-state index in [1.807, 2.05) is 0 Å². The van der Waals surface area contributed by atoms with Crippen LogP contribution in [0.3, 0.4) is 0 Å². The number of benzene rings is 1. The largest absolute Gasteiger partial charge is 0.378 e. The quantitative estimate of drug-likeness (QED) is 0.814.